The zero-order valence-electron chi connectivity index (χ0n) is 12.0. The highest BCUT2D eigenvalue weighted by atomic mass is 79.9. The van der Waals surface area contributed by atoms with Gasteiger partial charge < -0.3 is 5.32 Å². The number of nitrogens with one attached hydrogen (secondary N) is 1. The van der Waals surface area contributed by atoms with Crippen molar-refractivity contribution >= 4 is 27.3 Å². The van der Waals surface area contributed by atoms with Crippen LogP contribution in [0.3, 0.4) is 0 Å². The van der Waals surface area contributed by atoms with Crippen LogP contribution >= 0.6 is 27.3 Å². The van der Waals surface area contributed by atoms with Crippen molar-refractivity contribution in [3.05, 3.63) is 50.4 Å². The van der Waals surface area contributed by atoms with E-state index in [0.29, 0.717) is 5.92 Å². The van der Waals surface area contributed by atoms with Gasteiger partial charge in [-0.15, -0.1) is 11.3 Å². The average molecular weight is 353 g/mol. The van der Waals surface area contributed by atoms with Gasteiger partial charge in [-0.2, -0.15) is 0 Å². The van der Waals surface area contributed by atoms with Gasteiger partial charge in [-0.05, 0) is 56.5 Å². The Morgan fingerprint density at radius 3 is 2.60 bits per heavy atom. The summed E-state index contributed by atoms with van der Waals surface area (Å²) in [7, 11) is 0. The van der Waals surface area contributed by atoms with E-state index in [4.69, 9.17) is 0 Å². The van der Waals surface area contributed by atoms with E-state index in [9.17, 15) is 0 Å². The molecule has 0 spiro atoms. The molecule has 2 rings (SSSR count). The molecule has 0 radical (unpaired) electrons. The van der Waals surface area contributed by atoms with Crippen LogP contribution in [-0.2, 0) is 12.8 Å². The fraction of sp³-hybridized carbons (Fsp3) is 0.438. The van der Waals surface area contributed by atoms with Gasteiger partial charge in [0, 0.05) is 15.5 Å². The third kappa shape index (κ3) is 5.00. The number of thiazole rings is 1. The molecule has 2 nitrogen and oxygen atoms in total. The molecule has 2 aromatic rings. The van der Waals surface area contributed by atoms with Crippen molar-refractivity contribution in [2.45, 2.75) is 26.7 Å². The Morgan fingerprint density at radius 2 is 2.00 bits per heavy atom. The van der Waals surface area contributed by atoms with Crippen LogP contribution in [0.2, 0.25) is 0 Å². The number of hydrogen-bond donors (Lipinski definition) is 1. The highest BCUT2D eigenvalue weighted by Crippen LogP contribution is 2.20. The number of hydrogen-bond acceptors (Lipinski definition) is 3. The summed E-state index contributed by atoms with van der Waals surface area (Å²) in [5.74, 6) is 0.621. The van der Waals surface area contributed by atoms with Gasteiger partial charge in [0.2, 0.25) is 0 Å². The topological polar surface area (TPSA) is 24.9 Å². The third-order valence-corrected chi connectivity index (χ3v) is 4.74. The molecule has 0 fully saturated rings. The van der Waals surface area contributed by atoms with Crippen LogP contribution in [-0.4, -0.2) is 18.1 Å². The normalized spacial score (nSPS) is 12.6. The van der Waals surface area contributed by atoms with Crippen molar-refractivity contribution in [1.29, 1.82) is 0 Å². The van der Waals surface area contributed by atoms with Crippen molar-refractivity contribution in [2.24, 2.45) is 5.92 Å². The zero-order chi connectivity index (χ0) is 14.4. The lowest BCUT2D eigenvalue weighted by atomic mass is 9.95. The third-order valence-electron chi connectivity index (χ3n) is 3.28. The van der Waals surface area contributed by atoms with Gasteiger partial charge >= 0.3 is 0 Å². The second kappa shape index (κ2) is 7.91. The molecular formula is C16H21BrN2S. The number of aryl methyl sites for hydroxylation is 1. The highest BCUT2D eigenvalue weighted by Gasteiger charge is 2.12. The van der Waals surface area contributed by atoms with Gasteiger partial charge in [0.15, 0.2) is 0 Å². The molecular weight excluding hydrogens is 332 g/mol. The van der Waals surface area contributed by atoms with Crippen molar-refractivity contribution in [3.63, 3.8) is 0 Å². The molecule has 0 amide bonds. The second-order valence-corrected chi connectivity index (χ2v) is 7.29. The maximum Gasteiger partial charge on any atom is 0.0896 e. The number of halogens is 1. The van der Waals surface area contributed by atoms with Crippen LogP contribution < -0.4 is 5.32 Å². The van der Waals surface area contributed by atoms with Crippen LogP contribution in [0.15, 0.2) is 34.9 Å². The van der Waals surface area contributed by atoms with E-state index < -0.39 is 0 Å². The van der Waals surface area contributed by atoms with E-state index in [2.05, 4.69) is 64.3 Å². The van der Waals surface area contributed by atoms with Gasteiger partial charge in [0.05, 0.1) is 5.01 Å². The highest BCUT2D eigenvalue weighted by molar-refractivity contribution is 9.10. The van der Waals surface area contributed by atoms with E-state index in [1.54, 1.807) is 0 Å². The Labute approximate surface area is 133 Å². The van der Waals surface area contributed by atoms with Gasteiger partial charge in [-0.1, -0.05) is 35.0 Å². The summed E-state index contributed by atoms with van der Waals surface area (Å²) in [5.41, 5.74) is 1.40. The SMILES string of the molecule is CCNCC(Cc1ccc(Br)cc1)Cc1cnc(C)s1. The maximum atomic E-state index is 4.36. The first-order valence-electron chi connectivity index (χ1n) is 7.04. The quantitative estimate of drug-likeness (QED) is 0.806. The molecule has 0 saturated carbocycles. The Bertz CT molecular complexity index is 522. The lowest BCUT2D eigenvalue weighted by molar-refractivity contribution is 0.481. The zero-order valence-corrected chi connectivity index (χ0v) is 14.4. The Morgan fingerprint density at radius 1 is 1.25 bits per heavy atom. The number of nitrogens with zero attached hydrogens (tertiary/aromatic N) is 1. The largest absolute Gasteiger partial charge is 0.317 e. The lowest BCUT2D eigenvalue weighted by Gasteiger charge is -2.16. The van der Waals surface area contributed by atoms with Crippen molar-refractivity contribution in [3.8, 4) is 0 Å². The van der Waals surface area contributed by atoms with Crippen molar-refractivity contribution in [2.75, 3.05) is 13.1 Å². The first-order chi connectivity index (χ1) is 9.67. The molecule has 1 aromatic heterocycles. The van der Waals surface area contributed by atoms with Gasteiger partial charge in [-0.3, -0.25) is 0 Å². The van der Waals surface area contributed by atoms with Gasteiger partial charge in [0.25, 0.3) is 0 Å². The molecule has 0 aliphatic rings. The fourth-order valence-corrected chi connectivity index (χ4v) is 3.48. The molecule has 1 aromatic carbocycles. The monoisotopic (exact) mass is 352 g/mol. The lowest BCUT2D eigenvalue weighted by Crippen LogP contribution is -2.25. The van der Waals surface area contributed by atoms with Crippen molar-refractivity contribution in [1.82, 2.24) is 10.3 Å². The molecule has 108 valence electrons. The van der Waals surface area contributed by atoms with E-state index >= 15 is 0 Å². The summed E-state index contributed by atoms with van der Waals surface area (Å²) in [6, 6.07) is 8.66. The van der Waals surface area contributed by atoms with Crippen LogP contribution in [0, 0.1) is 12.8 Å². The van der Waals surface area contributed by atoms with E-state index in [1.807, 2.05) is 17.5 Å². The summed E-state index contributed by atoms with van der Waals surface area (Å²) in [5, 5.41) is 4.64. The van der Waals surface area contributed by atoms with Crippen LogP contribution in [0.1, 0.15) is 22.4 Å². The molecule has 0 aliphatic heterocycles. The van der Waals surface area contributed by atoms with E-state index in [1.165, 1.54) is 10.4 Å². The molecule has 1 atom stereocenters. The molecule has 1 unspecified atom stereocenters. The van der Waals surface area contributed by atoms with Crippen LogP contribution in [0.4, 0.5) is 0 Å². The first kappa shape index (κ1) is 15.7. The predicted molar refractivity (Wildman–Crippen MR) is 90.4 cm³/mol. The van der Waals surface area contributed by atoms with Crippen LogP contribution in [0.25, 0.3) is 0 Å². The molecule has 20 heavy (non-hydrogen) atoms. The average Bonchev–Trinajstić information content (AvgIpc) is 2.84. The van der Waals surface area contributed by atoms with Crippen LogP contribution in [0.5, 0.6) is 0 Å². The molecule has 1 N–H and O–H groups in total. The standard InChI is InChI=1S/C16H21BrN2S/c1-3-18-10-14(9-16-11-19-12(2)20-16)8-13-4-6-15(17)7-5-13/h4-7,11,14,18H,3,8-10H2,1-2H3. The second-order valence-electron chi connectivity index (χ2n) is 5.05. The summed E-state index contributed by atoms with van der Waals surface area (Å²) in [6.07, 6.45) is 4.24. The minimum Gasteiger partial charge on any atom is -0.317 e. The van der Waals surface area contributed by atoms with Gasteiger partial charge in [-0.25, -0.2) is 4.98 Å². The Hall–Kier alpha value is -0.710. The summed E-state index contributed by atoms with van der Waals surface area (Å²) < 4.78 is 1.14. The Kier molecular flexibility index (Phi) is 6.20. The number of rotatable bonds is 7. The summed E-state index contributed by atoms with van der Waals surface area (Å²) in [4.78, 5) is 5.75. The maximum absolute atomic E-state index is 4.36. The summed E-state index contributed by atoms with van der Waals surface area (Å²) >= 11 is 5.31. The molecule has 0 aliphatic carbocycles. The minimum atomic E-state index is 0.621. The Balaban J connectivity index is 2.00. The molecule has 0 bridgehead atoms. The smallest absolute Gasteiger partial charge is 0.0896 e. The number of benzene rings is 1. The van der Waals surface area contributed by atoms with Gasteiger partial charge in [0.1, 0.15) is 0 Å². The molecule has 0 saturated heterocycles. The predicted octanol–water partition coefficient (Wildman–Crippen LogP) is 4.22. The molecule has 4 heteroatoms. The minimum absolute atomic E-state index is 0.621. The molecule has 1 heterocycles. The summed E-state index contributed by atoms with van der Waals surface area (Å²) in [6.45, 7) is 6.32. The van der Waals surface area contributed by atoms with Crippen molar-refractivity contribution < 1.29 is 0 Å². The first-order valence-corrected chi connectivity index (χ1v) is 8.64. The fourth-order valence-electron chi connectivity index (χ4n) is 2.30. The number of aromatic nitrogens is 1. The van der Waals surface area contributed by atoms with E-state index in [0.717, 1.165) is 35.4 Å². The van der Waals surface area contributed by atoms with E-state index in [-0.39, 0.29) is 0 Å².